The van der Waals surface area contributed by atoms with Gasteiger partial charge in [0.2, 0.25) is 0 Å². The van der Waals surface area contributed by atoms with Crippen LogP contribution in [0.4, 0.5) is 13.6 Å². The van der Waals surface area contributed by atoms with E-state index in [-0.39, 0.29) is 28.5 Å². The number of nitrogens with zero attached hydrogens (tertiary/aromatic N) is 3. The van der Waals surface area contributed by atoms with Gasteiger partial charge in [-0.2, -0.15) is 5.10 Å². The van der Waals surface area contributed by atoms with E-state index in [4.69, 9.17) is 0 Å². The molecule has 0 saturated heterocycles. The number of hydrogen-bond donors (Lipinski definition) is 3. The van der Waals surface area contributed by atoms with Crippen LogP contribution < -0.4 is 10.9 Å². The summed E-state index contributed by atoms with van der Waals surface area (Å²) in [6.07, 6.45) is -1.14. The summed E-state index contributed by atoms with van der Waals surface area (Å²) in [5, 5.41) is 17.8. The van der Waals surface area contributed by atoms with Crippen molar-refractivity contribution in [2.24, 2.45) is 5.92 Å². The number of carbonyl (C=O) groups is 1. The zero-order chi connectivity index (χ0) is 19.1. The van der Waals surface area contributed by atoms with E-state index in [1.54, 1.807) is 0 Å². The van der Waals surface area contributed by atoms with Crippen LogP contribution in [0.2, 0.25) is 0 Å². The van der Waals surface area contributed by atoms with Gasteiger partial charge in [-0.05, 0) is 24.8 Å². The van der Waals surface area contributed by atoms with Gasteiger partial charge in [-0.1, -0.05) is 12.1 Å². The third-order valence-electron chi connectivity index (χ3n) is 4.57. The van der Waals surface area contributed by atoms with Gasteiger partial charge in [0.1, 0.15) is 11.6 Å². The first-order valence-corrected chi connectivity index (χ1v) is 8.30. The SMILES string of the molecule is O=C(O)NC(c1nc2cccc(C(F)F)c2c(=O)n1-c1ccn[nH]1)C1CC1. The summed E-state index contributed by atoms with van der Waals surface area (Å²) in [5.74, 6) is 0.359. The first kappa shape index (κ1) is 17.1. The molecule has 10 heteroatoms. The zero-order valence-electron chi connectivity index (χ0n) is 13.9. The average molecular weight is 375 g/mol. The second kappa shape index (κ2) is 6.45. The van der Waals surface area contributed by atoms with Crippen LogP contribution in [0, 0.1) is 5.92 Å². The summed E-state index contributed by atoms with van der Waals surface area (Å²) in [6, 6.07) is 4.80. The molecular formula is C17H15F2N5O3. The fourth-order valence-electron chi connectivity index (χ4n) is 3.23. The molecule has 3 N–H and O–H groups in total. The molecule has 3 aromatic rings. The first-order valence-electron chi connectivity index (χ1n) is 8.30. The lowest BCUT2D eigenvalue weighted by Crippen LogP contribution is -2.35. The molecule has 0 spiro atoms. The Morgan fingerprint density at radius 3 is 2.70 bits per heavy atom. The Hall–Kier alpha value is -3.30. The van der Waals surface area contributed by atoms with E-state index in [0.29, 0.717) is 0 Å². The quantitative estimate of drug-likeness (QED) is 0.635. The van der Waals surface area contributed by atoms with Gasteiger partial charge < -0.3 is 10.4 Å². The van der Waals surface area contributed by atoms with Gasteiger partial charge in [-0.25, -0.2) is 23.1 Å². The topological polar surface area (TPSA) is 113 Å². The minimum atomic E-state index is -2.85. The van der Waals surface area contributed by atoms with E-state index >= 15 is 0 Å². The third kappa shape index (κ3) is 3.03. The maximum atomic E-state index is 13.4. The molecule has 4 rings (SSSR count). The molecule has 1 aromatic carbocycles. The number of carboxylic acid groups (broad SMARTS) is 1. The fourth-order valence-corrected chi connectivity index (χ4v) is 3.23. The molecule has 1 saturated carbocycles. The standard InChI is InChI=1S/C17H15F2N5O3/c18-14(19)9-2-1-3-10-12(9)16(25)24(11-6-7-20-23-11)15(21-10)13(8-4-5-8)22-17(26)27/h1-3,6-8,13-14,22H,4-5H2,(H,20,23)(H,26,27). The van der Waals surface area contributed by atoms with Crippen LogP contribution in [-0.2, 0) is 0 Å². The number of rotatable bonds is 5. The molecule has 1 unspecified atom stereocenters. The molecule has 2 aromatic heterocycles. The van der Waals surface area contributed by atoms with Gasteiger partial charge in [0.25, 0.3) is 12.0 Å². The fraction of sp³-hybridized carbons (Fsp3) is 0.294. The van der Waals surface area contributed by atoms with Crippen molar-refractivity contribution < 1.29 is 18.7 Å². The lowest BCUT2D eigenvalue weighted by molar-refractivity contribution is 0.153. The normalized spacial score (nSPS) is 15.2. The van der Waals surface area contributed by atoms with Crippen molar-refractivity contribution in [3.63, 3.8) is 0 Å². The van der Waals surface area contributed by atoms with E-state index in [1.807, 2.05) is 0 Å². The van der Waals surface area contributed by atoms with Crippen molar-refractivity contribution in [3.05, 3.63) is 52.2 Å². The molecule has 27 heavy (non-hydrogen) atoms. The maximum Gasteiger partial charge on any atom is 0.405 e. The number of benzene rings is 1. The highest BCUT2D eigenvalue weighted by molar-refractivity contribution is 5.82. The highest BCUT2D eigenvalue weighted by Crippen LogP contribution is 2.41. The predicted molar refractivity (Wildman–Crippen MR) is 91.1 cm³/mol. The van der Waals surface area contributed by atoms with Gasteiger partial charge in [-0.15, -0.1) is 0 Å². The second-order valence-corrected chi connectivity index (χ2v) is 6.36. The summed E-state index contributed by atoms with van der Waals surface area (Å²) in [4.78, 5) is 28.8. The van der Waals surface area contributed by atoms with E-state index in [0.717, 1.165) is 17.4 Å². The van der Waals surface area contributed by atoms with E-state index in [1.165, 1.54) is 30.5 Å². The Kier molecular flexibility index (Phi) is 4.09. The van der Waals surface area contributed by atoms with Crippen molar-refractivity contribution in [3.8, 4) is 5.82 Å². The van der Waals surface area contributed by atoms with Crippen molar-refractivity contribution in [2.75, 3.05) is 0 Å². The van der Waals surface area contributed by atoms with Gasteiger partial charge in [0.05, 0.1) is 23.1 Å². The van der Waals surface area contributed by atoms with Crippen molar-refractivity contribution in [1.29, 1.82) is 0 Å². The molecule has 1 aliphatic carbocycles. The number of amides is 1. The summed E-state index contributed by atoms with van der Waals surface area (Å²) < 4.78 is 28.0. The largest absolute Gasteiger partial charge is 0.465 e. The molecule has 1 atom stereocenters. The Bertz CT molecular complexity index is 1060. The molecule has 140 valence electrons. The molecule has 1 fully saturated rings. The monoisotopic (exact) mass is 375 g/mol. The Morgan fingerprint density at radius 2 is 2.11 bits per heavy atom. The number of halogens is 2. The molecule has 0 aliphatic heterocycles. The molecule has 1 aliphatic rings. The molecule has 0 bridgehead atoms. The number of fused-ring (bicyclic) bond motifs is 1. The number of aromatic nitrogens is 4. The Morgan fingerprint density at radius 1 is 1.33 bits per heavy atom. The average Bonchev–Trinajstić information content (AvgIpc) is 3.33. The van der Waals surface area contributed by atoms with Gasteiger partial charge in [-0.3, -0.25) is 9.89 Å². The number of aromatic amines is 1. The second-order valence-electron chi connectivity index (χ2n) is 6.36. The van der Waals surface area contributed by atoms with Crippen LogP contribution in [0.15, 0.2) is 35.3 Å². The molecule has 0 radical (unpaired) electrons. The van der Waals surface area contributed by atoms with Crippen molar-refractivity contribution in [1.82, 2.24) is 25.1 Å². The summed E-state index contributed by atoms with van der Waals surface area (Å²) in [6.45, 7) is 0. The van der Waals surface area contributed by atoms with E-state index < -0.39 is 29.7 Å². The first-order chi connectivity index (χ1) is 13.0. The molecular weight excluding hydrogens is 360 g/mol. The van der Waals surface area contributed by atoms with Crippen LogP contribution in [-0.4, -0.2) is 30.9 Å². The number of nitrogens with one attached hydrogen (secondary N) is 2. The predicted octanol–water partition coefficient (Wildman–Crippen LogP) is 2.77. The van der Waals surface area contributed by atoms with Crippen molar-refractivity contribution >= 4 is 17.0 Å². The van der Waals surface area contributed by atoms with Gasteiger partial charge >= 0.3 is 6.09 Å². The number of alkyl halides is 2. The lowest BCUT2D eigenvalue weighted by atomic mass is 10.1. The van der Waals surface area contributed by atoms with Gasteiger partial charge in [0.15, 0.2) is 0 Å². The molecule has 2 heterocycles. The van der Waals surface area contributed by atoms with Gasteiger partial charge in [0, 0.05) is 11.6 Å². The molecule has 8 nitrogen and oxygen atoms in total. The minimum absolute atomic E-state index is 0.0158. The number of H-pyrrole nitrogens is 1. The zero-order valence-corrected chi connectivity index (χ0v) is 13.9. The number of hydrogen-bond acceptors (Lipinski definition) is 4. The smallest absolute Gasteiger partial charge is 0.405 e. The highest BCUT2D eigenvalue weighted by Gasteiger charge is 2.37. The Labute approximate surface area is 150 Å². The highest BCUT2D eigenvalue weighted by atomic mass is 19.3. The third-order valence-corrected chi connectivity index (χ3v) is 4.57. The summed E-state index contributed by atoms with van der Waals surface area (Å²) >= 11 is 0. The maximum absolute atomic E-state index is 13.4. The lowest BCUT2D eigenvalue weighted by Gasteiger charge is -2.21. The van der Waals surface area contributed by atoms with Crippen LogP contribution >= 0.6 is 0 Å². The Balaban J connectivity index is 2.04. The molecule has 1 amide bonds. The van der Waals surface area contributed by atoms with Crippen molar-refractivity contribution in [2.45, 2.75) is 25.3 Å². The van der Waals surface area contributed by atoms with E-state index in [9.17, 15) is 23.5 Å². The van der Waals surface area contributed by atoms with Crippen LogP contribution in [0.25, 0.3) is 16.7 Å². The van der Waals surface area contributed by atoms with Crippen LogP contribution in [0.1, 0.15) is 36.7 Å². The van der Waals surface area contributed by atoms with Crippen LogP contribution in [0.3, 0.4) is 0 Å². The summed E-state index contributed by atoms with van der Waals surface area (Å²) in [5.41, 5.74) is -1.02. The summed E-state index contributed by atoms with van der Waals surface area (Å²) in [7, 11) is 0. The van der Waals surface area contributed by atoms with E-state index in [2.05, 4.69) is 20.5 Å². The van der Waals surface area contributed by atoms with Crippen LogP contribution in [0.5, 0.6) is 0 Å². The minimum Gasteiger partial charge on any atom is -0.465 e.